The van der Waals surface area contributed by atoms with E-state index in [2.05, 4.69) is 42.3 Å². The third-order valence-electron chi connectivity index (χ3n) is 3.03. The monoisotopic (exact) mass is 318 g/mol. The summed E-state index contributed by atoms with van der Waals surface area (Å²) in [4.78, 5) is 2.47. The molecule has 2 nitrogen and oxygen atoms in total. The first-order valence-electron chi connectivity index (χ1n) is 5.31. The molecule has 0 bridgehead atoms. The lowest BCUT2D eigenvalue weighted by Gasteiger charge is -2.31. The van der Waals surface area contributed by atoms with Gasteiger partial charge in [-0.05, 0) is 31.0 Å². The fourth-order valence-electron chi connectivity index (χ4n) is 1.98. The van der Waals surface area contributed by atoms with Gasteiger partial charge in [0.2, 0.25) is 0 Å². The number of piperazine rings is 1. The normalized spacial score (nSPS) is 16.0. The minimum absolute atomic E-state index is 0. The Hall–Kier alpha value is -0.290. The molecule has 15 heavy (non-hydrogen) atoms. The molecule has 0 radical (unpaired) electrons. The predicted molar refractivity (Wildman–Crippen MR) is 76.4 cm³/mol. The fraction of sp³-hybridized carbons (Fsp3) is 0.500. The maximum Gasteiger partial charge on any atom is 0.0399 e. The number of benzene rings is 1. The number of hydrogen-bond donors (Lipinski definition) is 1. The second kappa shape index (κ2) is 5.70. The van der Waals surface area contributed by atoms with Crippen LogP contribution in [0.5, 0.6) is 0 Å². The summed E-state index contributed by atoms with van der Waals surface area (Å²) in [5.74, 6) is 0. The molecule has 1 heterocycles. The average molecular weight is 318 g/mol. The van der Waals surface area contributed by atoms with Crippen LogP contribution in [-0.2, 0) is 0 Å². The van der Waals surface area contributed by atoms with Gasteiger partial charge in [-0.3, -0.25) is 0 Å². The maximum atomic E-state index is 3.38. The molecule has 0 amide bonds. The minimum Gasteiger partial charge on any atom is -0.369 e. The molecule has 0 aromatic heterocycles. The molecule has 0 saturated carbocycles. The zero-order valence-corrected chi connectivity index (χ0v) is 11.7. The minimum atomic E-state index is 0. The van der Waals surface area contributed by atoms with E-state index >= 15 is 0 Å². The molecule has 0 aliphatic carbocycles. The Bertz CT molecular complexity index is 319. The summed E-state index contributed by atoms with van der Waals surface area (Å²) in [5, 5.41) is 3.38. The second-order valence-electron chi connectivity index (χ2n) is 3.96. The van der Waals surface area contributed by atoms with E-state index < -0.39 is 0 Å². The van der Waals surface area contributed by atoms with E-state index in [1.807, 2.05) is 0 Å². The van der Waals surface area contributed by atoms with Crippen LogP contribution in [0.15, 0.2) is 18.2 Å². The highest BCUT2D eigenvalue weighted by Gasteiger charge is 2.12. The van der Waals surface area contributed by atoms with Gasteiger partial charge < -0.3 is 10.2 Å². The van der Waals surface area contributed by atoms with Gasteiger partial charge in [-0.25, -0.2) is 0 Å². The van der Waals surface area contributed by atoms with Crippen molar-refractivity contribution in [3.63, 3.8) is 0 Å². The molecule has 1 saturated heterocycles. The third kappa shape index (κ3) is 2.84. The van der Waals surface area contributed by atoms with Crippen LogP contribution in [0.1, 0.15) is 11.1 Å². The van der Waals surface area contributed by atoms with E-state index in [-0.39, 0.29) is 24.0 Å². The zero-order chi connectivity index (χ0) is 9.97. The van der Waals surface area contributed by atoms with Crippen LogP contribution < -0.4 is 10.2 Å². The lowest BCUT2D eigenvalue weighted by molar-refractivity contribution is 0.588. The van der Waals surface area contributed by atoms with Gasteiger partial charge >= 0.3 is 0 Å². The van der Waals surface area contributed by atoms with Crippen molar-refractivity contribution in [2.45, 2.75) is 13.8 Å². The highest BCUT2D eigenvalue weighted by Crippen LogP contribution is 2.22. The van der Waals surface area contributed by atoms with Crippen LogP contribution in [0.2, 0.25) is 0 Å². The van der Waals surface area contributed by atoms with E-state index in [1.165, 1.54) is 16.8 Å². The van der Waals surface area contributed by atoms with Crippen molar-refractivity contribution in [3.05, 3.63) is 29.3 Å². The average Bonchev–Trinajstić information content (AvgIpc) is 2.23. The lowest BCUT2D eigenvalue weighted by atomic mass is 10.1. The van der Waals surface area contributed by atoms with Crippen LogP contribution in [0.3, 0.4) is 0 Å². The van der Waals surface area contributed by atoms with Crippen molar-refractivity contribution < 1.29 is 0 Å². The van der Waals surface area contributed by atoms with Crippen molar-refractivity contribution in [1.82, 2.24) is 5.32 Å². The number of anilines is 1. The van der Waals surface area contributed by atoms with Crippen LogP contribution >= 0.6 is 24.0 Å². The standard InChI is InChI=1S/C12H18N2.HI/c1-10-4-3-5-12(11(10)2)14-8-6-13-7-9-14;/h3-5,13H,6-9H2,1-2H3;1H. The molecule has 1 fully saturated rings. The van der Waals surface area contributed by atoms with Crippen LogP contribution in [0, 0.1) is 13.8 Å². The Kier molecular flexibility index (Phi) is 4.86. The molecule has 1 aromatic carbocycles. The first-order chi connectivity index (χ1) is 6.79. The van der Waals surface area contributed by atoms with Gasteiger partial charge in [-0.15, -0.1) is 24.0 Å². The van der Waals surface area contributed by atoms with Crippen LogP contribution in [0.25, 0.3) is 0 Å². The van der Waals surface area contributed by atoms with Gasteiger partial charge in [0.25, 0.3) is 0 Å². The Morgan fingerprint density at radius 1 is 1.13 bits per heavy atom. The molecule has 1 aliphatic heterocycles. The van der Waals surface area contributed by atoms with E-state index in [9.17, 15) is 0 Å². The van der Waals surface area contributed by atoms with Gasteiger partial charge in [0.1, 0.15) is 0 Å². The molecule has 1 aliphatic rings. The summed E-state index contributed by atoms with van der Waals surface area (Å²) >= 11 is 0. The number of nitrogens with one attached hydrogen (secondary N) is 1. The molecular weight excluding hydrogens is 299 g/mol. The van der Waals surface area contributed by atoms with Crippen LogP contribution in [0.4, 0.5) is 5.69 Å². The number of aryl methyl sites for hydroxylation is 1. The van der Waals surface area contributed by atoms with Crippen molar-refractivity contribution in [1.29, 1.82) is 0 Å². The number of halogens is 1. The third-order valence-corrected chi connectivity index (χ3v) is 3.03. The van der Waals surface area contributed by atoms with Gasteiger partial charge in [0.15, 0.2) is 0 Å². The Morgan fingerprint density at radius 2 is 1.80 bits per heavy atom. The van der Waals surface area contributed by atoms with E-state index in [1.54, 1.807) is 0 Å². The number of rotatable bonds is 1. The molecule has 0 atom stereocenters. The summed E-state index contributed by atoms with van der Waals surface area (Å²) in [6.07, 6.45) is 0. The first-order valence-corrected chi connectivity index (χ1v) is 5.31. The SMILES string of the molecule is Cc1cccc(N2CCNCC2)c1C.I. The van der Waals surface area contributed by atoms with E-state index in [4.69, 9.17) is 0 Å². The van der Waals surface area contributed by atoms with Gasteiger partial charge in [-0.1, -0.05) is 12.1 Å². The zero-order valence-electron chi connectivity index (χ0n) is 9.42. The Morgan fingerprint density at radius 3 is 2.47 bits per heavy atom. The Labute approximate surface area is 109 Å². The molecular formula is C12H19IN2. The van der Waals surface area contributed by atoms with Gasteiger partial charge in [-0.2, -0.15) is 0 Å². The van der Waals surface area contributed by atoms with Crippen molar-refractivity contribution in [3.8, 4) is 0 Å². The second-order valence-corrected chi connectivity index (χ2v) is 3.96. The molecule has 1 N–H and O–H groups in total. The molecule has 0 spiro atoms. The summed E-state index contributed by atoms with van der Waals surface area (Å²) in [6.45, 7) is 8.86. The number of nitrogens with zero attached hydrogens (tertiary/aromatic N) is 1. The first kappa shape index (κ1) is 12.8. The summed E-state index contributed by atoms with van der Waals surface area (Å²) in [5.41, 5.74) is 4.22. The lowest BCUT2D eigenvalue weighted by Crippen LogP contribution is -2.43. The summed E-state index contributed by atoms with van der Waals surface area (Å²) in [7, 11) is 0. The molecule has 2 rings (SSSR count). The molecule has 1 aromatic rings. The van der Waals surface area contributed by atoms with Crippen molar-refractivity contribution in [2.24, 2.45) is 0 Å². The summed E-state index contributed by atoms with van der Waals surface area (Å²) < 4.78 is 0. The smallest absolute Gasteiger partial charge is 0.0399 e. The van der Waals surface area contributed by atoms with E-state index in [0.29, 0.717) is 0 Å². The van der Waals surface area contributed by atoms with Crippen LogP contribution in [-0.4, -0.2) is 26.2 Å². The largest absolute Gasteiger partial charge is 0.369 e. The van der Waals surface area contributed by atoms with Gasteiger partial charge in [0.05, 0.1) is 0 Å². The molecule has 84 valence electrons. The summed E-state index contributed by atoms with van der Waals surface area (Å²) in [6, 6.07) is 6.56. The predicted octanol–water partition coefficient (Wildman–Crippen LogP) is 2.33. The van der Waals surface area contributed by atoms with Crippen molar-refractivity contribution >= 4 is 29.7 Å². The topological polar surface area (TPSA) is 15.3 Å². The highest BCUT2D eigenvalue weighted by atomic mass is 127. The van der Waals surface area contributed by atoms with Crippen molar-refractivity contribution in [2.75, 3.05) is 31.1 Å². The number of hydrogen-bond acceptors (Lipinski definition) is 2. The highest BCUT2D eigenvalue weighted by molar-refractivity contribution is 14.0. The van der Waals surface area contributed by atoms with Gasteiger partial charge in [0, 0.05) is 31.9 Å². The Balaban J connectivity index is 0.00000112. The quantitative estimate of drug-likeness (QED) is 0.800. The molecule has 3 heteroatoms. The maximum absolute atomic E-state index is 3.38. The fourth-order valence-corrected chi connectivity index (χ4v) is 1.98. The molecule has 0 unspecified atom stereocenters. The van der Waals surface area contributed by atoms with E-state index in [0.717, 1.165) is 26.2 Å².